The van der Waals surface area contributed by atoms with E-state index in [2.05, 4.69) is 109 Å². The third-order valence-electron chi connectivity index (χ3n) is 5.77. The predicted molar refractivity (Wildman–Crippen MR) is 113 cm³/mol. The van der Waals surface area contributed by atoms with E-state index in [1.807, 2.05) is 0 Å². The Morgan fingerprint density at radius 1 is 0.680 bits per heavy atom. The Morgan fingerprint density at radius 3 is 1.36 bits per heavy atom. The molecule has 1 atom stereocenters. The lowest BCUT2D eigenvalue weighted by molar-refractivity contribution is 0.661. The van der Waals surface area contributed by atoms with E-state index >= 15 is 0 Å². The Balaban J connectivity index is 2.20. The average molecular weight is 353 g/mol. The van der Waals surface area contributed by atoms with Crippen molar-refractivity contribution < 1.29 is 0 Å². The van der Waals surface area contributed by atoms with E-state index < -0.39 is 0 Å². The first-order valence-electron chi connectivity index (χ1n) is 9.45. The maximum absolute atomic E-state index is 2.56. The molecule has 3 rings (SSSR count). The normalized spacial score (nSPS) is 22.9. The van der Waals surface area contributed by atoms with Crippen molar-refractivity contribution in [1.82, 2.24) is 0 Å². The van der Waals surface area contributed by atoms with Crippen molar-refractivity contribution in [2.45, 2.75) is 75.8 Å². The molecule has 0 heterocycles. The quantitative estimate of drug-likeness (QED) is 0.512. The summed E-state index contributed by atoms with van der Waals surface area (Å²) in [5, 5.41) is 0.975. The van der Waals surface area contributed by atoms with Gasteiger partial charge in [-0.15, -0.1) is 0 Å². The summed E-state index contributed by atoms with van der Waals surface area (Å²) in [7, 11) is -0.208. The molecule has 0 radical (unpaired) electrons. The van der Waals surface area contributed by atoms with Gasteiger partial charge in [0.15, 0.2) is 0 Å². The van der Waals surface area contributed by atoms with Crippen LogP contribution in [-0.4, -0.2) is 15.5 Å². The van der Waals surface area contributed by atoms with Crippen LogP contribution in [-0.2, 0) is 5.41 Å². The number of hydrogen-bond acceptors (Lipinski definition) is 0. The Kier molecular flexibility index (Phi) is 4.44. The summed E-state index contributed by atoms with van der Waals surface area (Å²) < 4.78 is 0. The van der Waals surface area contributed by atoms with Gasteiger partial charge in [0.05, 0.1) is 0 Å². The number of rotatable bonds is 3. The maximum atomic E-state index is 2.56. The van der Waals surface area contributed by atoms with Gasteiger partial charge in [-0.25, -0.2) is 0 Å². The Morgan fingerprint density at radius 2 is 1.04 bits per heavy atom. The molecule has 25 heavy (non-hydrogen) atoms. The van der Waals surface area contributed by atoms with Gasteiger partial charge in [0.1, 0.15) is 0 Å². The molecule has 0 unspecified atom stereocenters. The van der Waals surface area contributed by atoms with Gasteiger partial charge >= 0.3 is 0 Å². The van der Waals surface area contributed by atoms with Gasteiger partial charge < -0.3 is 0 Å². The second kappa shape index (κ2) is 5.95. The molecule has 1 saturated carbocycles. The van der Waals surface area contributed by atoms with Gasteiger partial charge in [-0.05, 0) is 27.9 Å². The highest BCUT2D eigenvalue weighted by Gasteiger charge is 2.71. The molecule has 0 saturated heterocycles. The van der Waals surface area contributed by atoms with Crippen LogP contribution in [0, 0.1) is 0 Å². The predicted octanol–water partition coefficient (Wildman–Crippen LogP) is 7.21. The number of benzene rings is 2. The fourth-order valence-corrected chi connectivity index (χ4v) is 11.7. The van der Waals surface area contributed by atoms with Crippen LogP contribution < -0.4 is 0 Å². The van der Waals surface area contributed by atoms with Crippen molar-refractivity contribution in [3.05, 3.63) is 71.8 Å². The molecule has 1 aliphatic carbocycles. The van der Waals surface area contributed by atoms with Crippen LogP contribution in [0.15, 0.2) is 60.7 Å². The zero-order chi connectivity index (χ0) is 18.5. The molecule has 1 fully saturated rings. The van der Waals surface area contributed by atoms with Crippen LogP contribution in [0.1, 0.15) is 66.0 Å². The van der Waals surface area contributed by atoms with Crippen molar-refractivity contribution >= 4 is 7.92 Å². The second-order valence-corrected chi connectivity index (χ2v) is 14.1. The topological polar surface area (TPSA) is 0 Å². The molecule has 0 aliphatic heterocycles. The summed E-state index contributed by atoms with van der Waals surface area (Å²) >= 11 is 0. The molecular formula is C24H33P. The highest BCUT2D eigenvalue weighted by atomic mass is 31.1. The first kappa shape index (κ1) is 18.7. The molecule has 134 valence electrons. The highest BCUT2D eigenvalue weighted by Crippen LogP contribution is 2.83. The van der Waals surface area contributed by atoms with Crippen molar-refractivity contribution in [1.29, 1.82) is 0 Å². The van der Waals surface area contributed by atoms with Gasteiger partial charge in [-0.3, -0.25) is 0 Å². The molecule has 2 aromatic carbocycles. The van der Waals surface area contributed by atoms with Gasteiger partial charge in [-0.1, -0.05) is 117 Å². The summed E-state index contributed by atoms with van der Waals surface area (Å²) in [5.74, 6) is 0. The largest absolute Gasteiger partial charge is 0.0883 e. The SMILES string of the molecule is CC(C)(C)P(C(C)(C)C)[C@@]1(C)CC1(c1ccccc1)c1ccccc1. The van der Waals surface area contributed by atoms with Gasteiger partial charge in [0.2, 0.25) is 0 Å². The van der Waals surface area contributed by atoms with Gasteiger partial charge in [0, 0.05) is 10.6 Å². The molecular weight excluding hydrogens is 319 g/mol. The van der Waals surface area contributed by atoms with E-state index in [1.54, 1.807) is 0 Å². The fourth-order valence-electron chi connectivity index (χ4n) is 5.67. The van der Waals surface area contributed by atoms with Crippen molar-refractivity contribution in [3.8, 4) is 0 Å². The smallest absolute Gasteiger partial charge is 0.0305 e. The standard InChI is InChI=1S/C24H33P/c1-21(2,3)25(22(4,5)6)23(7)18-24(23,19-14-10-8-11-15-19)20-16-12-9-13-17-20/h8-17H,18H2,1-7H3/t23-/m0/s1. The van der Waals surface area contributed by atoms with Crippen LogP contribution in [0.2, 0.25) is 0 Å². The van der Waals surface area contributed by atoms with Crippen molar-refractivity contribution in [2.24, 2.45) is 0 Å². The lowest BCUT2D eigenvalue weighted by Crippen LogP contribution is -2.35. The first-order chi connectivity index (χ1) is 11.5. The zero-order valence-corrected chi connectivity index (χ0v) is 17.8. The monoisotopic (exact) mass is 352 g/mol. The highest BCUT2D eigenvalue weighted by molar-refractivity contribution is 7.63. The van der Waals surface area contributed by atoms with E-state index in [0.717, 1.165) is 0 Å². The van der Waals surface area contributed by atoms with E-state index in [4.69, 9.17) is 0 Å². The molecule has 0 nitrogen and oxygen atoms in total. The Bertz CT molecular complexity index is 665. The minimum atomic E-state index is -0.208. The van der Waals surface area contributed by atoms with E-state index in [1.165, 1.54) is 17.5 Å². The summed E-state index contributed by atoms with van der Waals surface area (Å²) in [5.41, 5.74) is 3.14. The van der Waals surface area contributed by atoms with Gasteiger partial charge in [0.25, 0.3) is 0 Å². The molecule has 1 heteroatoms. The molecule has 0 spiro atoms. The summed E-state index contributed by atoms with van der Waals surface area (Å²) in [6.07, 6.45) is 1.26. The third kappa shape index (κ3) is 2.97. The molecule has 0 bridgehead atoms. The lowest BCUT2D eigenvalue weighted by Gasteiger charge is -2.48. The maximum Gasteiger partial charge on any atom is 0.0305 e. The van der Waals surface area contributed by atoms with Crippen LogP contribution in [0.5, 0.6) is 0 Å². The average Bonchev–Trinajstić information content (AvgIpc) is 3.13. The summed E-state index contributed by atoms with van der Waals surface area (Å²) in [6.45, 7) is 17.3. The van der Waals surface area contributed by atoms with E-state index in [-0.39, 0.29) is 13.3 Å². The molecule has 0 aromatic heterocycles. The number of hydrogen-bond donors (Lipinski definition) is 0. The zero-order valence-electron chi connectivity index (χ0n) is 16.9. The third-order valence-corrected chi connectivity index (χ3v) is 9.98. The lowest BCUT2D eigenvalue weighted by atomic mass is 9.86. The molecule has 1 aliphatic rings. The van der Waals surface area contributed by atoms with Gasteiger partial charge in [-0.2, -0.15) is 0 Å². The Labute approximate surface area is 155 Å². The van der Waals surface area contributed by atoms with Crippen LogP contribution >= 0.6 is 7.92 Å². The molecule has 0 N–H and O–H groups in total. The summed E-state index contributed by atoms with van der Waals surface area (Å²) in [6, 6.07) is 22.5. The van der Waals surface area contributed by atoms with Crippen LogP contribution in [0.3, 0.4) is 0 Å². The summed E-state index contributed by atoms with van der Waals surface area (Å²) in [4.78, 5) is 0. The van der Waals surface area contributed by atoms with Crippen molar-refractivity contribution in [2.75, 3.05) is 0 Å². The van der Waals surface area contributed by atoms with Crippen LogP contribution in [0.4, 0.5) is 0 Å². The molecule has 2 aromatic rings. The van der Waals surface area contributed by atoms with E-state index in [9.17, 15) is 0 Å². The Hall–Kier alpha value is -1.13. The first-order valence-corrected chi connectivity index (χ1v) is 10.8. The van der Waals surface area contributed by atoms with Crippen molar-refractivity contribution in [3.63, 3.8) is 0 Å². The fraction of sp³-hybridized carbons (Fsp3) is 0.500. The molecule has 0 amide bonds. The minimum Gasteiger partial charge on any atom is -0.0883 e. The second-order valence-electron chi connectivity index (χ2n) is 9.77. The van der Waals surface area contributed by atoms with Crippen LogP contribution in [0.25, 0.3) is 0 Å². The van der Waals surface area contributed by atoms with E-state index in [0.29, 0.717) is 15.5 Å². The minimum absolute atomic E-state index is 0.155.